The summed E-state index contributed by atoms with van der Waals surface area (Å²) in [6.07, 6.45) is 3.54. The van der Waals surface area contributed by atoms with Gasteiger partial charge in [0, 0.05) is 11.4 Å². The Morgan fingerprint density at radius 2 is 2.12 bits per heavy atom. The van der Waals surface area contributed by atoms with Gasteiger partial charge in [0.2, 0.25) is 0 Å². The van der Waals surface area contributed by atoms with Crippen molar-refractivity contribution in [2.24, 2.45) is 0 Å². The molecule has 0 N–H and O–H groups in total. The first-order chi connectivity index (χ1) is 7.63. The van der Waals surface area contributed by atoms with Crippen LogP contribution >= 0.6 is 11.6 Å². The molecule has 0 aliphatic heterocycles. The molecule has 0 spiro atoms. The summed E-state index contributed by atoms with van der Waals surface area (Å²) in [7, 11) is 0. The molecule has 0 unspecified atom stereocenters. The Morgan fingerprint density at radius 3 is 2.75 bits per heavy atom. The second-order valence-electron chi connectivity index (χ2n) is 3.84. The lowest BCUT2D eigenvalue weighted by Crippen LogP contribution is -2.08. The molecular weight excluding hydrogens is 224 g/mol. The molecule has 0 saturated carbocycles. The van der Waals surface area contributed by atoms with E-state index in [0.717, 1.165) is 24.8 Å². The molecule has 0 saturated heterocycles. The molecule has 0 radical (unpaired) electrons. The van der Waals surface area contributed by atoms with Gasteiger partial charge in [-0.25, -0.2) is 0 Å². The van der Waals surface area contributed by atoms with Crippen molar-refractivity contribution in [1.82, 2.24) is 0 Å². The molecule has 0 aliphatic rings. The fourth-order valence-electron chi connectivity index (χ4n) is 1.42. The minimum atomic E-state index is -0.168. The Balaban J connectivity index is 2.49. The summed E-state index contributed by atoms with van der Waals surface area (Å²) >= 11 is 5.82. The first kappa shape index (κ1) is 13.0. The van der Waals surface area contributed by atoms with Crippen LogP contribution in [0.3, 0.4) is 0 Å². The zero-order valence-electron chi connectivity index (χ0n) is 9.75. The van der Waals surface area contributed by atoms with Gasteiger partial charge in [-0.3, -0.25) is 4.79 Å². The summed E-state index contributed by atoms with van der Waals surface area (Å²) < 4.78 is 5.25. The van der Waals surface area contributed by atoms with Crippen molar-refractivity contribution < 1.29 is 9.53 Å². The van der Waals surface area contributed by atoms with E-state index in [0.29, 0.717) is 17.2 Å². The molecule has 16 heavy (non-hydrogen) atoms. The predicted molar refractivity (Wildman–Crippen MR) is 66.0 cm³/mol. The molecule has 0 aromatic heterocycles. The third-order valence-electron chi connectivity index (χ3n) is 2.35. The lowest BCUT2D eigenvalue weighted by Gasteiger charge is -2.07. The number of benzene rings is 1. The minimum absolute atomic E-state index is 0.168. The first-order valence-corrected chi connectivity index (χ1v) is 5.98. The van der Waals surface area contributed by atoms with Crippen LogP contribution in [0.15, 0.2) is 18.2 Å². The van der Waals surface area contributed by atoms with Crippen molar-refractivity contribution in [3.05, 3.63) is 28.8 Å². The van der Waals surface area contributed by atoms with Crippen molar-refractivity contribution in [2.45, 2.75) is 39.5 Å². The van der Waals surface area contributed by atoms with Crippen molar-refractivity contribution in [2.75, 3.05) is 0 Å². The normalized spacial score (nSPS) is 10.2. The zero-order valence-corrected chi connectivity index (χ0v) is 10.5. The number of carbonyl (C=O) groups is 1. The topological polar surface area (TPSA) is 26.3 Å². The zero-order chi connectivity index (χ0) is 12.0. The predicted octanol–water partition coefficient (Wildman–Crippen LogP) is 4.13. The van der Waals surface area contributed by atoms with Crippen molar-refractivity contribution in [3.8, 4) is 5.75 Å². The maximum atomic E-state index is 11.5. The maximum absolute atomic E-state index is 11.5. The largest absolute Gasteiger partial charge is 0.426 e. The van der Waals surface area contributed by atoms with Crippen molar-refractivity contribution in [3.63, 3.8) is 0 Å². The fraction of sp³-hybridized carbons (Fsp3) is 0.462. The molecule has 1 rings (SSSR count). The first-order valence-electron chi connectivity index (χ1n) is 5.60. The molecule has 0 amide bonds. The molecule has 2 nitrogen and oxygen atoms in total. The highest BCUT2D eigenvalue weighted by molar-refractivity contribution is 6.30. The van der Waals surface area contributed by atoms with Gasteiger partial charge in [-0.15, -0.1) is 0 Å². The molecule has 0 fully saturated rings. The fourth-order valence-corrected chi connectivity index (χ4v) is 1.65. The number of aryl methyl sites for hydroxylation is 1. The molecule has 0 atom stereocenters. The van der Waals surface area contributed by atoms with Crippen LogP contribution in [-0.2, 0) is 4.79 Å². The third kappa shape index (κ3) is 4.23. The van der Waals surface area contributed by atoms with E-state index in [2.05, 4.69) is 6.92 Å². The van der Waals surface area contributed by atoms with Crippen LogP contribution in [-0.4, -0.2) is 5.97 Å². The van der Waals surface area contributed by atoms with E-state index in [1.165, 1.54) is 0 Å². The van der Waals surface area contributed by atoms with E-state index < -0.39 is 0 Å². The Kier molecular flexibility index (Phi) is 5.33. The van der Waals surface area contributed by atoms with Gasteiger partial charge in [0.1, 0.15) is 5.75 Å². The summed E-state index contributed by atoms with van der Waals surface area (Å²) in [4.78, 5) is 11.5. The smallest absolute Gasteiger partial charge is 0.311 e. The molecule has 88 valence electrons. The van der Waals surface area contributed by atoms with Crippen LogP contribution in [0.4, 0.5) is 0 Å². The number of esters is 1. The molecule has 1 aromatic carbocycles. The van der Waals surface area contributed by atoms with Crippen LogP contribution in [0.2, 0.25) is 5.02 Å². The molecule has 0 heterocycles. The monoisotopic (exact) mass is 240 g/mol. The number of ether oxygens (including phenoxy) is 1. The van der Waals surface area contributed by atoms with Crippen molar-refractivity contribution in [1.29, 1.82) is 0 Å². The third-order valence-corrected chi connectivity index (χ3v) is 2.58. The average Bonchev–Trinajstić information content (AvgIpc) is 2.23. The Labute approximate surface area is 102 Å². The van der Waals surface area contributed by atoms with Crippen LogP contribution in [0.25, 0.3) is 0 Å². The second kappa shape index (κ2) is 6.54. The number of hydrogen-bond acceptors (Lipinski definition) is 2. The van der Waals surface area contributed by atoms with E-state index in [1.807, 2.05) is 6.92 Å². The Bertz CT molecular complexity index is 361. The van der Waals surface area contributed by atoms with E-state index in [1.54, 1.807) is 18.2 Å². The van der Waals surface area contributed by atoms with Gasteiger partial charge < -0.3 is 4.74 Å². The van der Waals surface area contributed by atoms with Gasteiger partial charge in [0.25, 0.3) is 0 Å². The Hall–Kier alpha value is -1.02. The minimum Gasteiger partial charge on any atom is -0.426 e. The second-order valence-corrected chi connectivity index (χ2v) is 4.28. The highest BCUT2D eigenvalue weighted by atomic mass is 35.5. The molecular formula is C13H17ClO2. The van der Waals surface area contributed by atoms with Crippen LogP contribution in [0, 0.1) is 6.92 Å². The maximum Gasteiger partial charge on any atom is 0.311 e. The lowest BCUT2D eigenvalue weighted by molar-refractivity contribution is -0.134. The van der Waals surface area contributed by atoms with Gasteiger partial charge in [-0.1, -0.05) is 31.4 Å². The highest BCUT2D eigenvalue weighted by Crippen LogP contribution is 2.22. The number of carbonyl (C=O) groups excluding carboxylic acids is 1. The standard InChI is InChI=1S/C13H17ClO2/c1-3-4-5-6-13(15)16-12-8-7-11(14)9-10(12)2/h7-9H,3-6H2,1-2H3. The molecule has 0 bridgehead atoms. The summed E-state index contributed by atoms with van der Waals surface area (Å²) in [6, 6.07) is 5.24. The molecule has 3 heteroatoms. The van der Waals surface area contributed by atoms with E-state index in [-0.39, 0.29) is 5.97 Å². The number of rotatable bonds is 5. The molecule has 1 aromatic rings. The average molecular weight is 241 g/mol. The quantitative estimate of drug-likeness (QED) is 0.439. The van der Waals surface area contributed by atoms with Gasteiger partial charge in [-0.05, 0) is 37.1 Å². The molecule has 0 aliphatic carbocycles. The number of halogens is 1. The van der Waals surface area contributed by atoms with Gasteiger partial charge in [0.05, 0.1) is 0 Å². The summed E-state index contributed by atoms with van der Waals surface area (Å²) in [5, 5.41) is 0.656. The highest BCUT2D eigenvalue weighted by Gasteiger charge is 2.06. The van der Waals surface area contributed by atoms with Crippen LogP contribution < -0.4 is 4.74 Å². The van der Waals surface area contributed by atoms with E-state index in [4.69, 9.17) is 16.3 Å². The van der Waals surface area contributed by atoms with Crippen molar-refractivity contribution >= 4 is 17.6 Å². The van der Waals surface area contributed by atoms with Crippen LogP contribution in [0.5, 0.6) is 5.75 Å². The number of unbranched alkanes of at least 4 members (excludes halogenated alkanes) is 2. The van der Waals surface area contributed by atoms with Crippen LogP contribution in [0.1, 0.15) is 38.2 Å². The van der Waals surface area contributed by atoms with Gasteiger partial charge in [-0.2, -0.15) is 0 Å². The van der Waals surface area contributed by atoms with Gasteiger partial charge in [0.15, 0.2) is 0 Å². The Morgan fingerprint density at radius 1 is 1.38 bits per heavy atom. The SMILES string of the molecule is CCCCCC(=O)Oc1ccc(Cl)cc1C. The van der Waals surface area contributed by atoms with E-state index in [9.17, 15) is 4.79 Å². The van der Waals surface area contributed by atoms with Gasteiger partial charge >= 0.3 is 5.97 Å². The summed E-state index contributed by atoms with van der Waals surface area (Å²) in [5.74, 6) is 0.435. The number of hydrogen-bond donors (Lipinski definition) is 0. The summed E-state index contributed by atoms with van der Waals surface area (Å²) in [6.45, 7) is 3.98. The summed E-state index contributed by atoms with van der Waals surface area (Å²) in [5.41, 5.74) is 0.886. The van der Waals surface area contributed by atoms with E-state index >= 15 is 0 Å². The lowest BCUT2D eigenvalue weighted by atomic mass is 10.2.